The van der Waals surface area contributed by atoms with Crippen LogP contribution in [0.15, 0.2) is 71.9 Å². The van der Waals surface area contributed by atoms with Gasteiger partial charge in [-0.25, -0.2) is 8.42 Å². The zero-order chi connectivity index (χ0) is 18.6. The number of nitrogens with zero attached hydrogens (tertiary/aromatic N) is 2. The fourth-order valence-electron chi connectivity index (χ4n) is 2.74. The maximum Gasteiger partial charge on any atom is 0.261 e. The minimum Gasteiger partial charge on any atom is -0.279 e. The van der Waals surface area contributed by atoms with E-state index in [1.54, 1.807) is 29.1 Å². The van der Waals surface area contributed by atoms with Crippen LogP contribution in [0, 0.1) is 0 Å². The summed E-state index contributed by atoms with van der Waals surface area (Å²) in [5.74, 6) is 0.412. The second-order valence-electron chi connectivity index (χ2n) is 6.34. The molecule has 0 aliphatic rings. The van der Waals surface area contributed by atoms with Gasteiger partial charge in [0.25, 0.3) is 10.0 Å². The van der Waals surface area contributed by atoms with Gasteiger partial charge >= 0.3 is 0 Å². The molecule has 2 aromatic carbocycles. The van der Waals surface area contributed by atoms with Crippen molar-refractivity contribution in [1.29, 1.82) is 0 Å². The Balaban J connectivity index is 1.83. The highest BCUT2D eigenvalue weighted by molar-refractivity contribution is 7.92. The molecule has 1 unspecified atom stereocenters. The van der Waals surface area contributed by atoms with Crippen LogP contribution in [0.25, 0.3) is 0 Å². The molecule has 1 atom stereocenters. The smallest absolute Gasteiger partial charge is 0.261 e. The molecule has 3 aromatic rings. The van der Waals surface area contributed by atoms with Gasteiger partial charge in [0, 0.05) is 12.4 Å². The Morgan fingerprint density at radius 2 is 1.81 bits per heavy atom. The second kappa shape index (κ2) is 7.74. The molecule has 0 fully saturated rings. The van der Waals surface area contributed by atoms with Gasteiger partial charge < -0.3 is 0 Å². The molecule has 0 radical (unpaired) electrons. The monoisotopic (exact) mass is 369 g/mol. The quantitative estimate of drug-likeness (QED) is 0.677. The summed E-state index contributed by atoms with van der Waals surface area (Å²) in [7, 11) is -3.64. The number of anilines is 1. The largest absolute Gasteiger partial charge is 0.279 e. The molecular weight excluding hydrogens is 346 g/mol. The van der Waals surface area contributed by atoms with Gasteiger partial charge in [-0.2, -0.15) is 5.10 Å². The minimum absolute atomic E-state index is 0.262. The summed E-state index contributed by atoms with van der Waals surface area (Å²) in [5, 5.41) is 4.18. The third kappa shape index (κ3) is 4.14. The number of aromatic nitrogens is 2. The van der Waals surface area contributed by atoms with E-state index in [9.17, 15) is 8.42 Å². The first-order chi connectivity index (χ1) is 12.5. The van der Waals surface area contributed by atoms with Crippen LogP contribution in [0.4, 0.5) is 5.69 Å². The number of para-hydroxylation sites is 1. The number of sulfonamides is 1. The van der Waals surface area contributed by atoms with Crippen molar-refractivity contribution in [3.8, 4) is 0 Å². The molecule has 6 heteroatoms. The van der Waals surface area contributed by atoms with Gasteiger partial charge in [-0.15, -0.1) is 0 Å². The van der Waals surface area contributed by atoms with E-state index in [0.717, 1.165) is 17.5 Å². The van der Waals surface area contributed by atoms with Crippen molar-refractivity contribution >= 4 is 15.7 Å². The van der Waals surface area contributed by atoms with Crippen molar-refractivity contribution in [3.05, 3.63) is 78.1 Å². The standard InChI is InChI=1S/C20H23N3O2S/c1-3-16(2)17-9-11-19(12-10-17)26(24,25)22-20-8-5-4-7-18(20)15-23-14-6-13-21-23/h4-14,16,22H,3,15H2,1-2H3. The molecule has 0 aliphatic carbocycles. The maximum absolute atomic E-state index is 12.8. The van der Waals surface area contributed by atoms with Crippen LogP contribution in [-0.4, -0.2) is 18.2 Å². The number of benzene rings is 2. The van der Waals surface area contributed by atoms with E-state index in [1.807, 2.05) is 42.6 Å². The van der Waals surface area contributed by atoms with Crippen molar-refractivity contribution < 1.29 is 8.42 Å². The summed E-state index contributed by atoms with van der Waals surface area (Å²) in [6, 6.07) is 16.3. The van der Waals surface area contributed by atoms with E-state index in [1.165, 1.54) is 0 Å². The Labute approximate surface area is 154 Å². The third-order valence-electron chi connectivity index (χ3n) is 4.53. The predicted octanol–water partition coefficient (Wildman–Crippen LogP) is 4.25. The average molecular weight is 369 g/mol. The summed E-state index contributed by atoms with van der Waals surface area (Å²) in [4.78, 5) is 0.262. The van der Waals surface area contributed by atoms with Gasteiger partial charge in [0.15, 0.2) is 0 Å². The van der Waals surface area contributed by atoms with Gasteiger partial charge in [-0.05, 0) is 47.7 Å². The highest BCUT2D eigenvalue weighted by Crippen LogP contribution is 2.23. The van der Waals surface area contributed by atoms with Crippen LogP contribution in [0.3, 0.4) is 0 Å². The Morgan fingerprint density at radius 1 is 1.08 bits per heavy atom. The number of hydrogen-bond acceptors (Lipinski definition) is 3. The van der Waals surface area contributed by atoms with Crippen molar-refractivity contribution in [3.63, 3.8) is 0 Å². The average Bonchev–Trinajstić information content (AvgIpc) is 3.16. The molecule has 0 bridgehead atoms. The first kappa shape index (κ1) is 18.2. The van der Waals surface area contributed by atoms with Crippen LogP contribution >= 0.6 is 0 Å². The van der Waals surface area contributed by atoms with Crippen molar-refractivity contribution in [1.82, 2.24) is 9.78 Å². The number of hydrogen-bond donors (Lipinski definition) is 1. The molecule has 0 saturated heterocycles. The van der Waals surface area contributed by atoms with E-state index in [4.69, 9.17) is 0 Å². The van der Waals surface area contributed by atoms with Crippen LogP contribution < -0.4 is 4.72 Å². The first-order valence-electron chi connectivity index (χ1n) is 8.67. The Bertz CT molecular complexity index is 949. The number of rotatable bonds is 7. The summed E-state index contributed by atoms with van der Waals surface area (Å²) < 4.78 is 30.0. The fourth-order valence-corrected chi connectivity index (χ4v) is 3.84. The number of nitrogens with one attached hydrogen (secondary N) is 1. The molecule has 26 heavy (non-hydrogen) atoms. The zero-order valence-electron chi connectivity index (χ0n) is 15.0. The normalized spacial score (nSPS) is 12.7. The zero-order valence-corrected chi connectivity index (χ0v) is 15.8. The van der Waals surface area contributed by atoms with Gasteiger partial charge in [0.2, 0.25) is 0 Å². The predicted molar refractivity (Wildman–Crippen MR) is 104 cm³/mol. The van der Waals surface area contributed by atoms with Gasteiger partial charge in [0.1, 0.15) is 0 Å². The van der Waals surface area contributed by atoms with Crippen molar-refractivity contribution in [2.75, 3.05) is 4.72 Å². The highest BCUT2D eigenvalue weighted by Gasteiger charge is 2.16. The van der Waals surface area contributed by atoms with Crippen LogP contribution in [0.2, 0.25) is 0 Å². The van der Waals surface area contributed by atoms with Gasteiger partial charge in [-0.3, -0.25) is 9.40 Å². The molecule has 136 valence electrons. The van der Waals surface area contributed by atoms with Crippen LogP contribution in [0.5, 0.6) is 0 Å². The minimum atomic E-state index is -3.64. The van der Waals surface area contributed by atoms with Gasteiger partial charge in [-0.1, -0.05) is 44.2 Å². The maximum atomic E-state index is 12.8. The van der Waals surface area contributed by atoms with E-state index in [2.05, 4.69) is 23.7 Å². The molecule has 3 rings (SSSR count). The molecule has 0 saturated carbocycles. The van der Waals surface area contributed by atoms with E-state index in [0.29, 0.717) is 18.2 Å². The molecule has 1 aromatic heterocycles. The van der Waals surface area contributed by atoms with Gasteiger partial charge in [0.05, 0.1) is 17.1 Å². The van der Waals surface area contributed by atoms with Crippen LogP contribution in [-0.2, 0) is 16.6 Å². The second-order valence-corrected chi connectivity index (χ2v) is 8.03. The molecular formula is C20H23N3O2S. The Morgan fingerprint density at radius 3 is 2.46 bits per heavy atom. The molecule has 5 nitrogen and oxygen atoms in total. The lowest BCUT2D eigenvalue weighted by Gasteiger charge is -2.14. The van der Waals surface area contributed by atoms with Crippen molar-refractivity contribution in [2.24, 2.45) is 0 Å². The summed E-state index contributed by atoms with van der Waals surface area (Å²) in [6.07, 6.45) is 4.57. The van der Waals surface area contributed by atoms with E-state index in [-0.39, 0.29) is 4.90 Å². The molecule has 0 aliphatic heterocycles. The SMILES string of the molecule is CCC(C)c1ccc(S(=O)(=O)Nc2ccccc2Cn2cccn2)cc1. The van der Waals surface area contributed by atoms with Crippen LogP contribution in [0.1, 0.15) is 37.3 Å². The summed E-state index contributed by atoms with van der Waals surface area (Å²) in [5.41, 5.74) is 2.57. The lowest BCUT2D eigenvalue weighted by molar-refractivity contribution is 0.601. The van der Waals surface area contributed by atoms with Crippen molar-refractivity contribution in [2.45, 2.75) is 37.6 Å². The van der Waals surface area contributed by atoms with E-state index >= 15 is 0 Å². The third-order valence-corrected chi connectivity index (χ3v) is 5.91. The topological polar surface area (TPSA) is 64.0 Å². The fraction of sp³-hybridized carbons (Fsp3) is 0.250. The summed E-state index contributed by atoms with van der Waals surface area (Å²) >= 11 is 0. The molecule has 1 heterocycles. The Hall–Kier alpha value is -2.60. The lowest BCUT2D eigenvalue weighted by Crippen LogP contribution is -2.15. The lowest BCUT2D eigenvalue weighted by atomic mass is 9.99. The first-order valence-corrected chi connectivity index (χ1v) is 10.2. The molecule has 0 spiro atoms. The van der Waals surface area contributed by atoms with E-state index < -0.39 is 10.0 Å². The Kier molecular flexibility index (Phi) is 5.42. The highest BCUT2D eigenvalue weighted by atomic mass is 32.2. The molecule has 0 amide bonds. The summed E-state index contributed by atoms with van der Waals surface area (Å²) in [6.45, 7) is 4.75. The molecule has 1 N–H and O–H groups in total.